The molecule has 4 nitrogen and oxygen atoms in total. The van der Waals surface area contributed by atoms with Gasteiger partial charge >= 0.3 is 5.97 Å². The van der Waals surface area contributed by atoms with E-state index in [0.29, 0.717) is 31.1 Å². The molecule has 0 bridgehead atoms. The smallest absolute Gasteiger partial charge is 0.306 e. The largest absolute Gasteiger partial charge is 0.481 e. The van der Waals surface area contributed by atoms with Gasteiger partial charge in [-0.15, -0.1) is 0 Å². The first-order valence-corrected chi connectivity index (χ1v) is 14.2. The molecule has 0 aromatic heterocycles. The molecule has 2 saturated carbocycles. The summed E-state index contributed by atoms with van der Waals surface area (Å²) in [5.41, 5.74) is 3.57. The van der Waals surface area contributed by atoms with E-state index in [1.807, 2.05) is 7.11 Å². The van der Waals surface area contributed by atoms with Gasteiger partial charge in [0.25, 0.3) is 0 Å². The number of aliphatic carboxylic acids is 1. The summed E-state index contributed by atoms with van der Waals surface area (Å²) in [6.45, 7) is 20.2. The van der Waals surface area contributed by atoms with Crippen LogP contribution >= 0.6 is 0 Å². The summed E-state index contributed by atoms with van der Waals surface area (Å²) in [7, 11) is 1.85. The number of carboxylic acids is 1. The molecule has 2 fully saturated rings. The second-order valence-corrected chi connectivity index (χ2v) is 14.1. The first-order chi connectivity index (χ1) is 16.6. The Bertz CT molecular complexity index is 973. The number of carboxylic acid groups (broad SMARTS) is 1. The summed E-state index contributed by atoms with van der Waals surface area (Å²) >= 11 is 0. The molecule has 1 unspecified atom stereocenters. The van der Waals surface area contributed by atoms with Crippen LogP contribution in [0.2, 0.25) is 0 Å². The predicted molar refractivity (Wildman–Crippen MR) is 145 cm³/mol. The Balaban J connectivity index is 1.72. The van der Waals surface area contributed by atoms with Crippen LogP contribution in [0.4, 0.5) is 0 Å². The van der Waals surface area contributed by atoms with Crippen LogP contribution in [0.3, 0.4) is 0 Å². The number of rotatable bonds is 7. The van der Waals surface area contributed by atoms with E-state index in [9.17, 15) is 15.0 Å². The van der Waals surface area contributed by atoms with Crippen LogP contribution < -0.4 is 0 Å². The minimum absolute atomic E-state index is 0.0806. The van der Waals surface area contributed by atoms with Gasteiger partial charge in [0.05, 0.1) is 18.1 Å². The Morgan fingerprint density at radius 1 is 1.17 bits per heavy atom. The lowest BCUT2D eigenvalue weighted by Gasteiger charge is -2.61. The average molecular weight is 499 g/mol. The number of aliphatic hydroxyl groups excluding tert-OH is 1. The van der Waals surface area contributed by atoms with Crippen molar-refractivity contribution in [2.45, 2.75) is 106 Å². The summed E-state index contributed by atoms with van der Waals surface area (Å²) in [6.07, 6.45) is 10.4. The van der Waals surface area contributed by atoms with Gasteiger partial charge in [-0.3, -0.25) is 4.79 Å². The van der Waals surface area contributed by atoms with Crippen LogP contribution in [-0.4, -0.2) is 35.5 Å². The third-order valence-electron chi connectivity index (χ3n) is 11.9. The zero-order valence-electron chi connectivity index (χ0n) is 24.0. The zero-order valence-corrected chi connectivity index (χ0v) is 24.0. The maximum Gasteiger partial charge on any atom is 0.306 e. The lowest BCUT2D eigenvalue weighted by molar-refractivity contribution is -0.148. The molecular formula is C32H50O4. The Kier molecular flexibility index (Phi) is 7.00. The van der Waals surface area contributed by atoms with Gasteiger partial charge in [0.15, 0.2) is 0 Å². The molecule has 2 N–H and O–H groups in total. The van der Waals surface area contributed by atoms with Gasteiger partial charge < -0.3 is 14.9 Å². The highest BCUT2D eigenvalue weighted by molar-refractivity contribution is 5.71. The number of allylic oxidation sites excluding steroid dienone is 5. The van der Waals surface area contributed by atoms with Gasteiger partial charge in [0.2, 0.25) is 0 Å². The molecule has 0 heterocycles. The predicted octanol–water partition coefficient (Wildman–Crippen LogP) is 7.19. The minimum Gasteiger partial charge on any atom is -0.481 e. The van der Waals surface area contributed by atoms with E-state index >= 15 is 0 Å². The minimum atomic E-state index is -0.778. The number of fused-ring (bicyclic) bond motifs is 5. The first-order valence-electron chi connectivity index (χ1n) is 14.2. The normalized spacial score (nSPS) is 42.1. The molecule has 4 heteroatoms. The molecule has 4 aliphatic carbocycles. The Hall–Kier alpha value is -1.39. The molecule has 8 atom stereocenters. The molecule has 202 valence electrons. The average Bonchev–Trinajstić information content (AvgIpc) is 2.99. The van der Waals surface area contributed by atoms with Crippen molar-refractivity contribution < 1.29 is 19.7 Å². The standard InChI is InChI=1S/C32H50O4/c1-19(2)20(3)10-11-21(28(34)35)27-24(33)18-32(8)23-12-13-25-29(4,5)26(36-9)15-16-30(25,6)22(23)14-17-31(27,32)7/h12,14,19,21,24-27,33H,3,10-11,13,15-18H2,1-2,4-9H3,(H,34,35)/t21?,24-,25+,26+,27+,30-,31-,32+/m1/s1. The summed E-state index contributed by atoms with van der Waals surface area (Å²) in [5, 5.41) is 21.9. The monoisotopic (exact) mass is 498 g/mol. The Morgan fingerprint density at radius 3 is 2.42 bits per heavy atom. The van der Waals surface area contributed by atoms with Crippen molar-refractivity contribution >= 4 is 5.97 Å². The van der Waals surface area contributed by atoms with Crippen LogP contribution in [-0.2, 0) is 9.53 Å². The zero-order chi connectivity index (χ0) is 26.8. The lowest BCUT2D eigenvalue weighted by Crippen LogP contribution is -2.55. The second kappa shape index (κ2) is 9.12. The molecule has 4 aliphatic rings. The fraction of sp³-hybridized carbons (Fsp3) is 0.781. The van der Waals surface area contributed by atoms with Crippen molar-refractivity contribution in [3.63, 3.8) is 0 Å². The first kappa shape index (κ1) is 27.6. The van der Waals surface area contributed by atoms with Crippen LogP contribution in [0, 0.1) is 45.3 Å². The van der Waals surface area contributed by atoms with Crippen LogP contribution in [0.15, 0.2) is 35.5 Å². The van der Waals surface area contributed by atoms with Gasteiger partial charge in [0, 0.05) is 18.4 Å². The van der Waals surface area contributed by atoms with E-state index in [4.69, 9.17) is 4.74 Å². The highest BCUT2D eigenvalue weighted by Crippen LogP contribution is 2.71. The second-order valence-electron chi connectivity index (χ2n) is 14.1. The van der Waals surface area contributed by atoms with Gasteiger partial charge in [-0.25, -0.2) is 0 Å². The van der Waals surface area contributed by atoms with Crippen LogP contribution in [0.1, 0.15) is 93.4 Å². The fourth-order valence-electron chi connectivity index (χ4n) is 9.31. The molecular weight excluding hydrogens is 448 g/mol. The highest BCUT2D eigenvalue weighted by Gasteiger charge is 2.66. The molecule has 0 radical (unpaired) electrons. The fourth-order valence-corrected chi connectivity index (χ4v) is 9.31. The highest BCUT2D eigenvalue weighted by atomic mass is 16.5. The van der Waals surface area contributed by atoms with Crippen LogP contribution in [0.5, 0.6) is 0 Å². The van der Waals surface area contributed by atoms with Gasteiger partial charge in [-0.1, -0.05) is 72.8 Å². The van der Waals surface area contributed by atoms with Gasteiger partial charge in [-0.05, 0) is 84.2 Å². The van der Waals surface area contributed by atoms with Crippen LogP contribution in [0.25, 0.3) is 0 Å². The van der Waals surface area contributed by atoms with E-state index < -0.39 is 18.0 Å². The third kappa shape index (κ3) is 3.80. The Labute approximate surface area is 219 Å². The van der Waals surface area contributed by atoms with E-state index in [2.05, 4.69) is 67.2 Å². The lowest BCUT2D eigenvalue weighted by atomic mass is 9.44. The number of ether oxygens (including phenoxy) is 1. The molecule has 4 rings (SSSR count). The van der Waals surface area contributed by atoms with E-state index in [1.54, 1.807) is 0 Å². The topological polar surface area (TPSA) is 66.8 Å². The van der Waals surface area contributed by atoms with Crippen molar-refractivity contribution in [3.05, 3.63) is 35.5 Å². The SMILES string of the molecule is C=C(CCC(C(=O)O)[C@H]1[C@H](O)C[C@@]2(C)C3=CC[C@H]4C(C)(C)[C@@H](OC)CC[C@]4(C)C3=CC[C@]12C)C(C)C. The summed E-state index contributed by atoms with van der Waals surface area (Å²) in [6, 6.07) is 0. The quantitative estimate of drug-likeness (QED) is 0.365. The number of methoxy groups -OCH3 is 1. The van der Waals surface area contributed by atoms with Gasteiger partial charge in [0.1, 0.15) is 0 Å². The summed E-state index contributed by atoms with van der Waals surface area (Å²) in [4.78, 5) is 12.6. The van der Waals surface area contributed by atoms with E-state index in [-0.39, 0.29) is 33.7 Å². The van der Waals surface area contributed by atoms with Crippen molar-refractivity contribution in [2.24, 2.45) is 45.3 Å². The van der Waals surface area contributed by atoms with Gasteiger partial charge in [-0.2, -0.15) is 0 Å². The van der Waals surface area contributed by atoms with Crippen molar-refractivity contribution in [1.29, 1.82) is 0 Å². The molecule has 0 saturated heterocycles. The van der Waals surface area contributed by atoms with E-state index in [0.717, 1.165) is 31.3 Å². The number of carbonyl (C=O) groups is 1. The summed E-state index contributed by atoms with van der Waals surface area (Å²) in [5.74, 6) is -0.777. The maximum atomic E-state index is 12.6. The molecule has 0 aromatic rings. The van der Waals surface area contributed by atoms with Crippen molar-refractivity contribution in [1.82, 2.24) is 0 Å². The molecule has 0 amide bonds. The molecule has 0 spiro atoms. The summed E-state index contributed by atoms with van der Waals surface area (Å²) < 4.78 is 5.94. The third-order valence-corrected chi connectivity index (χ3v) is 11.9. The number of hydrogen-bond donors (Lipinski definition) is 2. The number of hydrogen-bond acceptors (Lipinski definition) is 3. The number of aliphatic hydroxyl groups is 1. The molecule has 36 heavy (non-hydrogen) atoms. The molecule has 0 aromatic carbocycles. The van der Waals surface area contributed by atoms with E-state index in [1.165, 1.54) is 11.1 Å². The molecule has 0 aliphatic heterocycles. The Morgan fingerprint density at radius 2 is 1.83 bits per heavy atom. The van der Waals surface area contributed by atoms with Crippen molar-refractivity contribution in [2.75, 3.05) is 7.11 Å². The maximum absolute atomic E-state index is 12.6. The van der Waals surface area contributed by atoms with Crippen molar-refractivity contribution in [3.8, 4) is 0 Å².